The van der Waals surface area contributed by atoms with Crippen molar-refractivity contribution >= 4 is 11.8 Å². The van der Waals surface area contributed by atoms with Crippen LogP contribution in [0.25, 0.3) is 0 Å². The molecule has 0 unspecified atom stereocenters. The summed E-state index contributed by atoms with van der Waals surface area (Å²) in [6.45, 7) is 0. The molecule has 0 fully saturated rings. The van der Waals surface area contributed by atoms with E-state index in [1.807, 2.05) is 0 Å². The smallest absolute Gasteiger partial charge is 0.240 e. The standard InChI is InChI=1S/C17H15F3N2O2/c18-12-4-1-10(2-5-12)7-15(17(21)24)22-16(23)8-11-3-6-13(19)9-14(11)20/h1-6,9,15H,7-8H2,(H2,21,24)(H,22,23)/t15-/m0/s1. The van der Waals surface area contributed by atoms with Gasteiger partial charge >= 0.3 is 0 Å². The van der Waals surface area contributed by atoms with Gasteiger partial charge in [-0.15, -0.1) is 0 Å². The zero-order valence-corrected chi connectivity index (χ0v) is 12.6. The molecule has 1 atom stereocenters. The Hall–Kier alpha value is -2.83. The lowest BCUT2D eigenvalue weighted by Gasteiger charge is -2.16. The SMILES string of the molecule is NC(=O)[C@H](Cc1ccc(F)cc1)NC(=O)Cc1ccc(F)cc1F. The Labute approximate surface area is 136 Å². The first kappa shape index (κ1) is 17.5. The predicted octanol–water partition coefficient (Wildman–Crippen LogP) is 1.86. The number of nitrogens with two attached hydrogens (primary N) is 1. The monoisotopic (exact) mass is 336 g/mol. The van der Waals surface area contributed by atoms with Crippen LogP contribution in [0.3, 0.4) is 0 Å². The number of benzene rings is 2. The van der Waals surface area contributed by atoms with E-state index in [2.05, 4.69) is 5.32 Å². The Morgan fingerprint density at radius 2 is 1.62 bits per heavy atom. The molecule has 0 radical (unpaired) electrons. The largest absolute Gasteiger partial charge is 0.368 e. The number of amides is 2. The molecule has 0 aliphatic rings. The third-order valence-electron chi connectivity index (χ3n) is 3.40. The summed E-state index contributed by atoms with van der Waals surface area (Å²) in [5, 5.41) is 2.40. The van der Waals surface area contributed by atoms with Crippen LogP contribution in [0.1, 0.15) is 11.1 Å². The van der Waals surface area contributed by atoms with E-state index >= 15 is 0 Å². The molecule has 4 nitrogen and oxygen atoms in total. The van der Waals surface area contributed by atoms with Gasteiger partial charge in [0, 0.05) is 12.5 Å². The van der Waals surface area contributed by atoms with E-state index in [0.717, 1.165) is 12.1 Å². The number of carbonyl (C=O) groups is 2. The van der Waals surface area contributed by atoms with Crippen LogP contribution in [-0.2, 0) is 22.4 Å². The average molecular weight is 336 g/mol. The molecule has 126 valence electrons. The van der Waals surface area contributed by atoms with Crippen LogP contribution >= 0.6 is 0 Å². The van der Waals surface area contributed by atoms with Gasteiger partial charge in [0.05, 0.1) is 6.42 Å². The fourth-order valence-electron chi connectivity index (χ4n) is 2.16. The van der Waals surface area contributed by atoms with Crippen LogP contribution in [0.15, 0.2) is 42.5 Å². The minimum absolute atomic E-state index is 0.00102. The summed E-state index contributed by atoms with van der Waals surface area (Å²) in [4.78, 5) is 23.4. The van der Waals surface area contributed by atoms with Gasteiger partial charge in [0.25, 0.3) is 0 Å². The van der Waals surface area contributed by atoms with Crippen LogP contribution in [-0.4, -0.2) is 17.9 Å². The minimum Gasteiger partial charge on any atom is -0.368 e. The number of nitrogens with one attached hydrogen (secondary N) is 1. The van der Waals surface area contributed by atoms with Crippen molar-refractivity contribution in [1.29, 1.82) is 0 Å². The molecule has 0 bridgehead atoms. The number of halogens is 3. The van der Waals surface area contributed by atoms with E-state index in [1.165, 1.54) is 24.3 Å². The van der Waals surface area contributed by atoms with Crippen molar-refractivity contribution in [1.82, 2.24) is 5.32 Å². The van der Waals surface area contributed by atoms with Crippen LogP contribution in [0.2, 0.25) is 0 Å². The van der Waals surface area contributed by atoms with Crippen LogP contribution in [0.5, 0.6) is 0 Å². The van der Waals surface area contributed by atoms with E-state index in [-0.39, 0.29) is 18.4 Å². The minimum atomic E-state index is -1.02. The number of hydrogen-bond donors (Lipinski definition) is 2. The molecular formula is C17H15F3N2O2. The lowest BCUT2D eigenvalue weighted by atomic mass is 10.0. The van der Waals surface area contributed by atoms with E-state index < -0.39 is 35.3 Å². The van der Waals surface area contributed by atoms with Gasteiger partial charge in [0.2, 0.25) is 11.8 Å². The molecule has 0 spiro atoms. The van der Waals surface area contributed by atoms with E-state index in [0.29, 0.717) is 11.6 Å². The van der Waals surface area contributed by atoms with Crippen molar-refractivity contribution in [2.75, 3.05) is 0 Å². The normalized spacial score (nSPS) is 11.8. The highest BCUT2D eigenvalue weighted by Crippen LogP contribution is 2.11. The fourth-order valence-corrected chi connectivity index (χ4v) is 2.16. The fraction of sp³-hybridized carbons (Fsp3) is 0.176. The summed E-state index contributed by atoms with van der Waals surface area (Å²) in [5.74, 6) is -3.42. The predicted molar refractivity (Wildman–Crippen MR) is 81.3 cm³/mol. The third-order valence-corrected chi connectivity index (χ3v) is 3.40. The van der Waals surface area contributed by atoms with Crippen molar-refractivity contribution in [2.45, 2.75) is 18.9 Å². The van der Waals surface area contributed by atoms with E-state index in [9.17, 15) is 22.8 Å². The van der Waals surface area contributed by atoms with Crippen molar-refractivity contribution in [3.8, 4) is 0 Å². The highest BCUT2D eigenvalue weighted by Gasteiger charge is 2.19. The lowest BCUT2D eigenvalue weighted by molar-refractivity contribution is -0.127. The molecule has 0 aliphatic carbocycles. The Balaban J connectivity index is 2.02. The van der Waals surface area contributed by atoms with Crippen molar-refractivity contribution in [2.24, 2.45) is 5.73 Å². The summed E-state index contributed by atoms with van der Waals surface area (Å²) < 4.78 is 39.3. The molecule has 0 aromatic heterocycles. The first-order chi connectivity index (χ1) is 11.3. The molecule has 2 amide bonds. The zero-order chi connectivity index (χ0) is 17.7. The first-order valence-electron chi connectivity index (χ1n) is 7.12. The summed E-state index contributed by atoms with van der Waals surface area (Å²) in [6, 6.07) is 7.23. The highest BCUT2D eigenvalue weighted by atomic mass is 19.1. The van der Waals surface area contributed by atoms with Gasteiger partial charge < -0.3 is 11.1 Å². The maximum atomic E-state index is 13.5. The molecule has 24 heavy (non-hydrogen) atoms. The molecule has 0 heterocycles. The summed E-state index contributed by atoms with van der Waals surface area (Å²) in [5.41, 5.74) is 5.86. The van der Waals surface area contributed by atoms with Crippen LogP contribution in [0, 0.1) is 17.5 Å². The molecule has 3 N–H and O–H groups in total. The number of primary amides is 1. The Kier molecular flexibility index (Phi) is 5.57. The van der Waals surface area contributed by atoms with Crippen molar-refractivity contribution in [3.05, 3.63) is 71.0 Å². The summed E-state index contributed by atoms with van der Waals surface area (Å²) >= 11 is 0. The van der Waals surface area contributed by atoms with Crippen LogP contribution < -0.4 is 11.1 Å². The molecule has 7 heteroatoms. The Morgan fingerprint density at radius 1 is 1.00 bits per heavy atom. The summed E-state index contributed by atoms with van der Waals surface area (Å²) in [7, 11) is 0. The molecule has 0 saturated heterocycles. The molecule has 2 rings (SSSR count). The van der Waals surface area contributed by atoms with Gasteiger partial charge in [-0.05, 0) is 29.3 Å². The maximum absolute atomic E-state index is 13.5. The quantitative estimate of drug-likeness (QED) is 0.845. The number of carbonyl (C=O) groups excluding carboxylic acids is 2. The first-order valence-corrected chi connectivity index (χ1v) is 7.12. The average Bonchev–Trinajstić information content (AvgIpc) is 2.51. The van der Waals surface area contributed by atoms with Gasteiger partial charge in [-0.1, -0.05) is 18.2 Å². The molecule has 0 aliphatic heterocycles. The Bertz CT molecular complexity index is 748. The second kappa shape index (κ2) is 7.63. The van der Waals surface area contributed by atoms with Crippen molar-refractivity contribution < 1.29 is 22.8 Å². The van der Waals surface area contributed by atoms with Gasteiger partial charge in [-0.2, -0.15) is 0 Å². The van der Waals surface area contributed by atoms with E-state index in [1.54, 1.807) is 0 Å². The van der Waals surface area contributed by atoms with Gasteiger partial charge in [-0.25, -0.2) is 13.2 Å². The van der Waals surface area contributed by atoms with Crippen LogP contribution in [0.4, 0.5) is 13.2 Å². The maximum Gasteiger partial charge on any atom is 0.240 e. The van der Waals surface area contributed by atoms with Crippen molar-refractivity contribution in [3.63, 3.8) is 0 Å². The Morgan fingerprint density at radius 3 is 2.21 bits per heavy atom. The van der Waals surface area contributed by atoms with Gasteiger partial charge in [0.1, 0.15) is 23.5 Å². The molecule has 2 aromatic rings. The molecule has 2 aromatic carbocycles. The second-order valence-electron chi connectivity index (χ2n) is 5.27. The van der Waals surface area contributed by atoms with Gasteiger partial charge in [0.15, 0.2) is 0 Å². The third kappa shape index (κ3) is 4.84. The second-order valence-corrected chi connectivity index (χ2v) is 5.27. The summed E-state index contributed by atoms with van der Waals surface area (Å²) in [6.07, 6.45) is -0.285. The lowest BCUT2D eigenvalue weighted by Crippen LogP contribution is -2.46. The zero-order valence-electron chi connectivity index (χ0n) is 12.6. The molecule has 0 saturated carbocycles. The van der Waals surface area contributed by atoms with Gasteiger partial charge in [-0.3, -0.25) is 9.59 Å². The number of rotatable bonds is 6. The molecular weight excluding hydrogens is 321 g/mol. The number of hydrogen-bond acceptors (Lipinski definition) is 2. The topological polar surface area (TPSA) is 72.2 Å². The van der Waals surface area contributed by atoms with E-state index in [4.69, 9.17) is 5.73 Å². The highest BCUT2D eigenvalue weighted by molar-refractivity contribution is 5.87.